The molecule has 4 heterocycles. The highest BCUT2D eigenvalue weighted by Gasteiger charge is 2.22. The average Bonchev–Trinajstić information content (AvgIpc) is 3.34. The Balaban J connectivity index is 1.76. The van der Waals surface area contributed by atoms with E-state index in [1.54, 1.807) is 11.3 Å². The molecule has 4 rings (SSSR count). The first-order valence-electron chi connectivity index (χ1n) is 10.6. The third kappa shape index (κ3) is 4.61. The van der Waals surface area contributed by atoms with Crippen LogP contribution in [0.1, 0.15) is 53.2 Å². The van der Waals surface area contributed by atoms with Crippen LogP contribution < -0.4 is 10.6 Å². The van der Waals surface area contributed by atoms with Crippen LogP contribution in [0.2, 0.25) is 0 Å². The zero-order chi connectivity index (χ0) is 21.3. The fourth-order valence-electron chi connectivity index (χ4n) is 3.67. The summed E-state index contributed by atoms with van der Waals surface area (Å²) in [4.78, 5) is 5.97. The largest absolute Gasteiger partial charge is 0.394 e. The zero-order valence-electron chi connectivity index (χ0n) is 18.1. The Morgan fingerprint density at radius 2 is 2.17 bits per heavy atom. The van der Waals surface area contributed by atoms with E-state index in [-0.39, 0.29) is 24.4 Å². The van der Waals surface area contributed by atoms with Crippen molar-refractivity contribution in [1.82, 2.24) is 14.8 Å². The predicted octanol–water partition coefficient (Wildman–Crippen LogP) is 4.86. The number of aromatic nitrogens is 3. The Labute approximate surface area is 181 Å². The standard InChI is InChI=1S/C22H31N5O2S/c1-14(13-28)24-16-12-19(26-22(2,3)4)25-15-11-18(30-21(15)16)17-8-9-23-27(17)20-7-5-6-10-29-20/h8-9,11-12,14,20,28H,5-7,10,13H2,1-4H3,(H2,24,25,26)/t14-,20?/m0/s1. The van der Waals surface area contributed by atoms with Crippen molar-refractivity contribution in [3.63, 3.8) is 0 Å². The summed E-state index contributed by atoms with van der Waals surface area (Å²) >= 11 is 1.69. The Morgan fingerprint density at radius 3 is 2.87 bits per heavy atom. The summed E-state index contributed by atoms with van der Waals surface area (Å²) in [6.07, 6.45) is 5.09. The minimum Gasteiger partial charge on any atom is -0.394 e. The van der Waals surface area contributed by atoms with Gasteiger partial charge in [0.05, 0.1) is 33.1 Å². The van der Waals surface area contributed by atoms with Gasteiger partial charge in [-0.15, -0.1) is 11.3 Å². The number of nitrogens with one attached hydrogen (secondary N) is 2. The van der Waals surface area contributed by atoms with Crippen molar-refractivity contribution in [2.45, 2.75) is 64.8 Å². The van der Waals surface area contributed by atoms with E-state index in [9.17, 15) is 5.11 Å². The number of thiophene rings is 1. The molecular weight excluding hydrogens is 398 g/mol. The van der Waals surface area contributed by atoms with Crippen molar-refractivity contribution in [2.24, 2.45) is 0 Å². The zero-order valence-corrected chi connectivity index (χ0v) is 18.9. The number of nitrogens with zero attached hydrogens (tertiary/aromatic N) is 3. The Bertz CT molecular complexity index is 1000. The average molecular weight is 430 g/mol. The lowest BCUT2D eigenvalue weighted by Gasteiger charge is -2.24. The quantitative estimate of drug-likeness (QED) is 0.519. The molecule has 1 aliphatic heterocycles. The molecule has 1 fully saturated rings. The second-order valence-corrected chi connectivity index (χ2v) is 10.0. The predicted molar refractivity (Wildman–Crippen MR) is 123 cm³/mol. The monoisotopic (exact) mass is 429 g/mol. The molecule has 8 heteroatoms. The van der Waals surface area contributed by atoms with E-state index in [1.807, 2.05) is 29.9 Å². The number of anilines is 2. The summed E-state index contributed by atoms with van der Waals surface area (Å²) < 4.78 is 9.04. The fraction of sp³-hybridized carbons (Fsp3) is 0.545. The normalized spacial score (nSPS) is 18.5. The summed E-state index contributed by atoms with van der Waals surface area (Å²) in [6, 6.07) is 6.14. The van der Waals surface area contributed by atoms with Gasteiger partial charge in [-0.3, -0.25) is 0 Å². The van der Waals surface area contributed by atoms with Gasteiger partial charge in [-0.25, -0.2) is 9.67 Å². The Morgan fingerprint density at radius 1 is 1.33 bits per heavy atom. The van der Waals surface area contributed by atoms with E-state index in [4.69, 9.17) is 9.72 Å². The maximum Gasteiger partial charge on any atom is 0.150 e. The second-order valence-electron chi connectivity index (χ2n) is 8.97. The summed E-state index contributed by atoms with van der Waals surface area (Å²) in [6.45, 7) is 9.16. The third-order valence-corrected chi connectivity index (χ3v) is 6.19. The maximum absolute atomic E-state index is 9.54. The van der Waals surface area contributed by atoms with E-state index >= 15 is 0 Å². The highest BCUT2D eigenvalue weighted by atomic mass is 32.1. The molecule has 7 nitrogen and oxygen atoms in total. The van der Waals surface area contributed by atoms with Gasteiger partial charge in [0, 0.05) is 30.5 Å². The van der Waals surface area contributed by atoms with Crippen molar-refractivity contribution in [3.05, 3.63) is 24.4 Å². The lowest BCUT2D eigenvalue weighted by atomic mass is 10.1. The van der Waals surface area contributed by atoms with Crippen LogP contribution in [0, 0.1) is 0 Å². The summed E-state index contributed by atoms with van der Waals surface area (Å²) in [5.41, 5.74) is 2.85. The number of aliphatic hydroxyl groups excluding tert-OH is 1. The molecule has 3 N–H and O–H groups in total. The van der Waals surface area contributed by atoms with Gasteiger partial charge in [0.2, 0.25) is 0 Å². The first kappa shape index (κ1) is 21.1. The van der Waals surface area contributed by atoms with Crippen molar-refractivity contribution < 1.29 is 9.84 Å². The van der Waals surface area contributed by atoms with Crippen LogP contribution in [0.5, 0.6) is 0 Å². The number of hydrogen-bond acceptors (Lipinski definition) is 7. The van der Waals surface area contributed by atoms with E-state index in [2.05, 4.69) is 42.6 Å². The molecule has 30 heavy (non-hydrogen) atoms. The summed E-state index contributed by atoms with van der Waals surface area (Å²) in [7, 11) is 0. The van der Waals surface area contributed by atoms with E-state index in [1.165, 1.54) is 0 Å². The SMILES string of the molecule is C[C@@H](CO)Nc1cc(NC(C)(C)C)nc2cc(-c3ccnn3C3CCCCO3)sc12. The molecule has 0 spiro atoms. The van der Waals surface area contributed by atoms with Gasteiger partial charge in [-0.1, -0.05) is 0 Å². The third-order valence-electron chi connectivity index (χ3n) is 5.01. The smallest absolute Gasteiger partial charge is 0.150 e. The number of aliphatic hydroxyl groups is 1. The molecule has 3 aromatic heterocycles. The van der Waals surface area contributed by atoms with Crippen LogP contribution in [0.25, 0.3) is 20.8 Å². The molecule has 1 aliphatic rings. The number of fused-ring (bicyclic) bond motifs is 1. The minimum absolute atomic E-state index is 0.00736. The molecule has 2 atom stereocenters. The van der Waals surface area contributed by atoms with Gasteiger partial charge in [-0.2, -0.15) is 5.10 Å². The number of pyridine rings is 1. The molecule has 0 radical (unpaired) electrons. The van der Waals surface area contributed by atoms with Crippen molar-refractivity contribution in [2.75, 3.05) is 23.8 Å². The van der Waals surface area contributed by atoms with Gasteiger partial charge in [0.1, 0.15) is 5.82 Å². The molecule has 0 saturated carbocycles. The lowest BCUT2D eigenvalue weighted by Crippen LogP contribution is -2.27. The van der Waals surface area contributed by atoms with E-state index in [0.717, 1.165) is 58.2 Å². The van der Waals surface area contributed by atoms with E-state index < -0.39 is 0 Å². The van der Waals surface area contributed by atoms with Crippen molar-refractivity contribution in [3.8, 4) is 10.6 Å². The van der Waals surface area contributed by atoms with Gasteiger partial charge in [0.25, 0.3) is 0 Å². The number of rotatable bonds is 6. The first-order valence-corrected chi connectivity index (χ1v) is 11.4. The van der Waals surface area contributed by atoms with Gasteiger partial charge < -0.3 is 20.5 Å². The molecule has 1 saturated heterocycles. The van der Waals surface area contributed by atoms with Crippen LogP contribution in [-0.2, 0) is 4.74 Å². The van der Waals surface area contributed by atoms with Crippen LogP contribution in [0.15, 0.2) is 24.4 Å². The van der Waals surface area contributed by atoms with Crippen LogP contribution in [0.4, 0.5) is 11.5 Å². The molecular formula is C22H31N5O2S. The molecule has 162 valence electrons. The summed E-state index contributed by atoms with van der Waals surface area (Å²) in [5, 5.41) is 21.0. The Kier molecular flexibility index (Phi) is 5.99. The second kappa shape index (κ2) is 8.53. The van der Waals surface area contributed by atoms with Crippen LogP contribution >= 0.6 is 11.3 Å². The minimum atomic E-state index is -0.101. The lowest BCUT2D eigenvalue weighted by molar-refractivity contribution is -0.0383. The molecule has 3 aromatic rings. The van der Waals surface area contributed by atoms with Crippen molar-refractivity contribution >= 4 is 33.1 Å². The topological polar surface area (TPSA) is 84.2 Å². The van der Waals surface area contributed by atoms with Crippen LogP contribution in [0.3, 0.4) is 0 Å². The highest BCUT2D eigenvalue weighted by molar-refractivity contribution is 7.22. The molecule has 0 aromatic carbocycles. The highest BCUT2D eigenvalue weighted by Crippen LogP contribution is 2.39. The maximum atomic E-state index is 9.54. The van der Waals surface area contributed by atoms with Gasteiger partial charge in [-0.05, 0) is 59.1 Å². The number of ether oxygens (including phenoxy) is 1. The molecule has 1 unspecified atom stereocenters. The Hall–Kier alpha value is -2.16. The molecule has 0 bridgehead atoms. The fourth-order valence-corrected chi connectivity index (χ4v) is 4.76. The van der Waals surface area contributed by atoms with Gasteiger partial charge in [0.15, 0.2) is 6.23 Å². The molecule has 0 aliphatic carbocycles. The van der Waals surface area contributed by atoms with E-state index in [0.29, 0.717) is 0 Å². The molecule has 0 amide bonds. The summed E-state index contributed by atoms with van der Waals surface area (Å²) in [5.74, 6) is 0.816. The number of hydrogen-bond donors (Lipinski definition) is 3. The van der Waals surface area contributed by atoms with Crippen LogP contribution in [-0.4, -0.2) is 44.7 Å². The first-order chi connectivity index (χ1) is 14.3. The van der Waals surface area contributed by atoms with Crippen molar-refractivity contribution in [1.29, 1.82) is 0 Å². The van der Waals surface area contributed by atoms with Gasteiger partial charge >= 0.3 is 0 Å².